The summed E-state index contributed by atoms with van der Waals surface area (Å²) < 4.78 is 0. The number of fused-ring (bicyclic) bond motifs is 3. The van der Waals surface area contributed by atoms with Crippen molar-refractivity contribution in [3.05, 3.63) is 29.8 Å². The van der Waals surface area contributed by atoms with Crippen LogP contribution in [0.2, 0.25) is 0 Å². The average molecular weight is 256 g/mol. The predicted molar refractivity (Wildman–Crippen MR) is 75.1 cm³/mol. The standard InChI is InChI=1S/C16H20N2O/c19-16(11-4-3-5-11)18-9-12-8-17-15-7-2-1-6-13(15)14(12)10-18/h1-2,6-7,11-12,14,17H,3-5,8-10H2/t12-,14-/m0/s1. The maximum atomic E-state index is 12.4. The highest BCUT2D eigenvalue weighted by molar-refractivity contribution is 5.80. The van der Waals surface area contributed by atoms with Gasteiger partial charge in [-0.2, -0.15) is 0 Å². The van der Waals surface area contributed by atoms with Crippen molar-refractivity contribution >= 4 is 11.6 Å². The van der Waals surface area contributed by atoms with Crippen LogP contribution in [0.15, 0.2) is 24.3 Å². The fourth-order valence-corrected chi connectivity index (χ4v) is 3.75. The summed E-state index contributed by atoms with van der Waals surface area (Å²) in [6, 6.07) is 8.57. The third-order valence-electron chi connectivity index (χ3n) is 5.12. The minimum absolute atomic E-state index is 0.336. The molecule has 3 heteroatoms. The molecule has 0 unspecified atom stereocenters. The lowest BCUT2D eigenvalue weighted by atomic mass is 9.84. The van der Waals surface area contributed by atoms with Crippen LogP contribution in [-0.2, 0) is 4.79 Å². The maximum Gasteiger partial charge on any atom is 0.225 e. The molecule has 1 saturated carbocycles. The fourth-order valence-electron chi connectivity index (χ4n) is 3.75. The lowest BCUT2D eigenvalue weighted by Crippen LogP contribution is -2.37. The molecule has 1 amide bonds. The molecule has 0 spiro atoms. The van der Waals surface area contributed by atoms with Gasteiger partial charge >= 0.3 is 0 Å². The Labute approximate surface area is 114 Å². The number of likely N-dealkylation sites (tertiary alicyclic amines) is 1. The zero-order valence-electron chi connectivity index (χ0n) is 11.1. The lowest BCUT2D eigenvalue weighted by molar-refractivity contribution is -0.137. The molecule has 2 heterocycles. The molecule has 2 fully saturated rings. The molecule has 0 radical (unpaired) electrons. The largest absolute Gasteiger partial charge is 0.384 e. The van der Waals surface area contributed by atoms with E-state index in [-0.39, 0.29) is 0 Å². The Morgan fingerprint density at radius 3 is 2.84 bits per heavy atom. The number of amides is 1. The van der Waals surface area contributed by atoms with E-state index in [1.165, 1.54) is 17.7 Å². The van der Waals surface area contributed by atoms with E-state index >= 15 is 0 Å². The molecule has 1 saturated heterocycles. The van der Waals surface area contributed by atoms with Gasteiger partial charge in [-0.3, -0.25) is 4.79 Å². The highest BCUT2D eigenvalue weighted by Gasteiger charge is 2.41. The van der Waals surface area contributed by atoms with Crippen LogP contribution < -0.4 is 5.32 Å². The average Bonchev–Trinajstić information content (AvgIpc) is 2.81. The van der Waals surface area contributed by atoms with Gasteiger partial charge in [0.1, 0.15) is 0 Å². The van der Waals surface area contributed by atoms with Gasteiger partial charge in [0.2, 0.25) is 5.91 Å². The summed E-state index contributed by atoms with van der Waals surface area (Å²) in [6.45, 7) is 2.89. The molecule has 3 aliphatic rings. The first kappa shape index (κ1) is 11.3. The number of nitrogens with one attached hydrogen (secondary N) is 1. The van der Waals surface area contributed by atoms with Crippen molar-refractivity contribution in [3.8, 4) is 0 Å². The van der Waals surface area contributed by atoms with Crippen LogP contribution in [0, 0.1) is 11.8 Å². The van der Waals surface area contributed by atoms with Gasteiger partial charge in [0.25, 0.3) is 0 Å². The normalized spacial score (nSPS) is 29.2. The Kier molecular flexibility index (Phi) is 2.54. The van der Waals surface area contributed by atoms with E-state index < -0.39 is 0 Å². The van der Waals surface area contributed by atoms with Crippen molar-refractivity contribution in [1.82, 2.24) is 4.90 Å². The number of carbonyl (C=O) groups excluding carboxylic acids is 1. The second kappa shape index (κ2) is 4.26. The first-order valence-electron chi connectivity index (χ1n) is 7.44. The molecule has 1 N–H and O–H groups in total. The van der Waals surface area contributed by atoms with Gasteiger partial charge in [0.15, 0.2) is 0 Å². The van der Waals surface area contributed by atoms with E-state index in [1.54, 1.807) is 0 Å². The molecule has 2 atom stereocenters. The minimum atomic E-state index is 0.336. The molecule has 0 aromatic heterocycles. The molecule has 1 aromatic carbocycles. The summed E-state index contributed by atoms with van der Waals surface area (Å²) in [5, 5.41) is 3.51. The smallest absolute Gasteiger partial charge is 0.225 e. The lowest BCUT2D eigenvalue weighted by Gasteiger charge is -2.29. The third kappa shape index (κ3) is 1.75. The van der Waals surface area contributed by atoms with E-state index in [2.05, 4.69) is 34.5 Å². The zero-order valence-corrected chi connectivity index (χ0v) is 11.1. The Morgan fingerprint density at radius 1 is 1.21 bits per heavy atom. The van der Waals surface area contributed by atoms with Gasteiger partial charge in [-0.1, -0.05) is 24.6 Å². The van der Waals surface area contributed by atoms with Crippen LogP contribution in [0.5, 0.6) is 0 Å². The van der Waals surface area contributed by atoms with Crippen LogP contribution in [-0.4, -0.2) is 30.4 Å². The van der Waals surface area contributed by atoms with Crippen molar-refractivity contribution < 1.29 is 4.79 Å². The van der Waals surface area contributed by atoms with Crippen LogP contribution in [0.1, 0.15) is 30.7 Å². The van der Waals surface area contributed by atoms with Crippen LogP contribution in [0.25, 0.3) is 0 Å². The number of hydrogen-bond donors (Lipinski definition) is 1. The van der Waals surface area contributed by atoms with Crippen LogP contribution >= 0.6 is 0 Å². The van der Waals surface area contributed by atoms with E-state index in [1.807, 2.05) is 0 Å². The molecular weight excluding hydrogens is 236 g/mol. The summed E-state index contributed by atoms with van der Waals surface area (Å²) in [6.07, 6.45) is 3.46. The molecule has 1 aliphatic carbocycles. The van der Waals surface area contributed by atoms with Gasteiger partial charge in [0, 0.05) is 43.1 Å². The maximum absolute atomic E-state index is 12.4. The Balaban J connectivity index is 1.56. The molecule has 1 aromatic rings. The predicted octanol–water partition coefficient (Wildman–Crippen LogP) is 2.45. The van der Waals surface area contributed by atoms with Gasteiger partial charge in [-0.25, -0.2) is 0 Å². The second-order valence-electron chi connectivity index (χ2n) is 6.21. The topological polar surface area (TPSA) is 32.3 Å². The molecule has 100 valence electrons. The van der Waals surface area contributed by atoms with Gasteiger partial charge < -0.3 is 10.2 Å². The van der Waals surface area contributed by atoms with Crippen molar-refractivity contribution in [3.63, 3.8) is 0 Å². The quantitative estimate of drug-likeness (QED) is 0.837. The monoisotopic (exact) mass is 256 g/mol. The van der Waals surface area contributed by atoms with Gasteiger partial charge in [0.05, 0.1) is 0 Å². The van der Waals surface area contributed by atoms with E-state index in [0.29, 0.717) is 23.7 Å². The zero-order chi connectivity index (χ0) is 12.8. The number of carbonyl (C=O) groups is 1. The number of para-hydroxylation sites is 1. The van der Waals surface area contributed by atoms with Crippen molar-refractivity contribution in [2.45, 2.75) is 25.2 Å². The first-order chi connectivity index (χ1) is 9.33. The molecule has 3 nitrogen and oxygen atoms in total. The van der Waals surface area contributed by atoms with Crippen molar-refractivity contribution in [2.75, 3.05) is 25.0 Å². The SMILES string of the molecule is O=C(C1CCC1)N1C[C@@H]2CNc3ccccc3[C@H]2C1. The summed E-state index contributed by atoms with van der Waals surface area (Å²) in [5.41, 5.74) is 2.67. The fraction of sp³-hybridized carbons (Fsp3) is 0.562. The number of anilines is 1. The number of rotatable bonds is 1. The highest BCUT2D eigenvalue weighted by atomic mass is 16.2. The summed E-state index contributed by atoms with van der Waals surface area (Å²) >= 11 is 0. The highest BCUT2D eigenvalue weighted by Crippen LogP contribution is 2.41. The molecule has 4 rings (SSSR count). The van der Waals surface area contributed by atoms with Crippen molar-refractivity contribution in [2.24, 2.45) is 11.8 Å². The molecule has 2 aliphatic heterocycles. The summed E-state index contributed by atoms with van der Waals surface area (Å²) in [5.74, 6) is 1.89. The molecular formula is C16H20N2O. The van der Waals surface area contributed by atoms with Crippen molar-refractivity contribution in [1.29, 1.82) is 0 Å². The third-order valence-corrected chi connectivity index (χ3v) is 5.12. The second-order valence-corrected chi connectivity index (χ2v) is 6.21. The van der Waals surface area contributed by atoms with E-state index in [4.69, 9.17) is 0 Å². The minimum Gasteiger partial charge on any atom is -0.384 e. The molecule has 19 heavy (non-hydrogen) atoms. The van der Waals surface area contributed by atoms with Crippen LogP contribution in [0.4, 0.5) is 5.69 Å². The Morgan fingerprint density at radius 2 is 2.05 bits per heavy atom. The molecule has 0 bridgehead atoms. The summed E-state index contributed by atoms with van der Waals surface area (Å²) in [7, 11) is 0. The Bertz CT molecular complexity index is 509. The van der Waals surface area contributed by atoms with E-state index in [0.717, 1.165) is 32.5 Å². The number of hydrogen-bond acceptors (Lipinski definition) is 2. The Hall–Kier alpha value is -1.51. The number of nitrogens with zero attached hydrogens (tertiary/aromatic N) is 1. The first-order valence-corrected chi connectivity index (χ1v) is 7.44. The number of benzene rings is 1. The van der Waals surface area contributed by atoms with Gasteiger partial charge in [-0.15, -0.1) is 0 Å². The van der Waals surface area contributed by atoms with Gasteiger partial charge in [-0.05, 0) is 24.5 Å². The summed E-state index contributed by atoms with van der Waals surface area (Å²) in [4.78, 5) is 14.5. The van der Waals surface area contributed by atoms with E-state index in [9.17, 15) is 4.79 Å². The van der Waals surface area contributed by atoms with Crippen LogP contribution in [0.3, 0.4) is 0 Å².